The zero-order chi connectivity index (χ0) is 21.3. The van der Waals surface area contributed by atoms with Gasteiger partial charge in [0, 0.05) is 25.4 Å². The van der Waals surface area contributed by atoms with Gasteiger partial charge in [0.05, 0.1) is 11.6 Å². The van der Waals surface area contributed by atoms with E-state index in [1.54, 1.807) is 30.0 Å². The van der Waals surface area contributed by atoms with Crippen molar-refractivity contribution in [1.29, 1.82) is 0 Å². The lowest BCUT2D eigenvalue weighted by Gasteiger charge is -2.16. The highest BCUT2D eigenvalue weighted by Crippen LogP contribution is 2.33. The van der Waals surface area contributed by atoms with E-state index in [0.717, 1.165) is 23.8 Å². The summed E-state index contributed by atoms with van der Waals surface area (Å²) in [5, 5.41) is 13.6. The van der Waals surface area contributed by atoms with Gasteiger partial charge in [-0.15, -0.1) is 10.2 Å². The molecule has 1 aliphatic carbocycles. The van der Waals surface area contributed by atoms with Gasteiger partial charge in [-0.3, -0.25) is 4.79 Å². The van der Waals surface area contributed by atoms with Crippen molar-refractivity contribution in [2.45, 2.75) is 62.6 Å². The van der Waals surface area contributed by atoms with Crippen molar-refractivity contribution in [2.75, 3.05) is 19.4 Å². The van der Waals surface area contributed by atoms with Crippen LogP contribution in [-0.4, -0.2) is 40.1 Å². The van der Waals surface area contributed by atoms with E-state index in [4.69, 9.17) is 27.9 Å². The average molecular weight is 471 g/mol. The summed E-state index contributed by atoms with van der Waals surface area (Å²) in [5.41, 5.74) is 0. The minimum Gasteiger partial charge on any atom is -0.492 e. The number of amides is 1. The zero-order valence-electron chi connectivity index (χ0n) is 17.2. The third kappa shape index (κ3) is 6.28. The van der Waals surface area contributed by atoms with Crippen LogP contribution in [0.15, 0.2) is 23.4 Å². The Bertz CT molecular complexity index is 840. The molecule has 1 aromatic heterocycles. The summed E-state index contributed by atoms with van der Waals surface area (Å²) in [5.74, 6) is 1.60. The van der Waals surface area contributed by atoms with Crippen LogP contribution in [0, 0.1) is 0 Å². The van der Waals surface area contributed by atoms with Crippen LogP contribution in [0.2, 0.25) is 10.0 Å². The molecule has 1 N–H and O–H groups in total. The van der Waals surface area contributed by atoms with Gasteiger partial charge in [0.2, 0.25) is 5.91 Å². The van der Waals surface area contributed by atoms with Gasteiger partial charge in [0.1, 0.15) is 16.6 Å². The fourth-order valence-corrected chi connectivity index (χ4v) is 4.64. The average Bonchev–Trinajstić information content (AvgIpc) is 3.40. The van der Waals surface area contributed by atoms with E-state index in [1.165, 1.54) is 25.7 Å². The van der Waals surface area contributed by atoms with E-state index in [0.29, 0.717) is 47.8 Å². The number of carbonyl (C=O) groups is 1. The number of nitrogens with one attached hydrogen (secondary N) is 1. The Hall–Kier alpha value is -1.44. The lowest BCUT2D eigenvalue weighted by molar-refractivity contribution is -0.121. The Kier molecular flexibility index (Phi) is 9.15. The number of hydrogen-bond donors (Lipinski definition) is 1. The molecule has 0 atom stereocenters. The lowest BCUT2D eigenvalue weighted by atomic mass is 10.2. The molecule has 0 aliphatic heterocycles. The molecule has 30 heavy (non-hydrogen) atoms. The van der Waals surface area contributed by atoms with Crippen molar-refractivity contribution >= 4 is 40.9 Å². The molecule has 0 radical (unpaired) electrons. The monoisotopic (exact) mass is 470 g/mol. The summed E-state index contributed by atoms with van der Waals surface area (Å²) in [4.78, 5) is 12.1. The number of hydrogen-bond acceptors (Lipinski definition) is 5. The Morgan fingerprint density at radius 2 is 2.07 bits per heavy atom. The number of halogens is 2. The molecule has 1 amide bonds. The number of rotatable bonds is 11. The van der Waals surface area contributed by atoms with Gasteiger partial charge in [0.25, 0.3) is 0 Å². The number of nitrogens with zero attached hydrogens (tertiary/aromatic N) is 3. The summed E-state index contributed by atoms with van der Waals surface area (Å²) in [6, 6.07) is 5.79. The first-order valence-corrected chi connectivity index (χ1v) is 12.4. The van der Waals surface area contributed by atoms with E-state index in [2.05, 4.69) is 20.1 Å². The van der Waals surface area contributed by atoms with Gasteiger partial charge >= 0.3 is 0 Å². The summed E-state index contributed by atoms with van der Waals surface area (Å²) in [6.45, 7) is 1.04. The quantitative estimate of drug-likeness (QED) is 0.354. The first-order valence-electron chi connectivity index (χ1n) is 10.4. The van der Waals surface area contributed by atoms with Crippen LogP contribution in [0.1, 0.15) is 56.8 Å². The number of ether oxygens (including phenoxy) is 1. The van der Waals surface area contributed by atoms with Crippen molar-refractivity contribution in [2.24, 2.45) is 0 Å². The van der Waals surface area contributed by atoms with E-state index in [1.807, 2.05) is 6.26 Å². The predicted octanol–water partition coefficient (Wildman–Crippen LogP) is 5.33. The third-order valence-electron chi connectivity index (χ3n) is 5.23. The van der Waals surface area contributed by atoms with E-state index < -0.39 is 0 Å². The molecule has 1 heterocycles. The summed E-state index contributed by atoms with van der Waals surface area (Å²) < 4.78 is 7.93. The van der Waals surface area contributed by atoms with Crippen LogP contribution in [0.3, 0.4) is 0 Å². The molecule has 0 bridgehead atoms. The van der Waals surface area contributed by atoms with Crippen LogP contribution >= 0.6 is 35.0 Å². The second-order valence-corrected chi connectivity index (χ2v) is 8.93. The van der Waals surface area contributed by atoms with Crippen molar-refractivity contribution in [3.63, 3.8) is 0 Å². The maximum Gasteiger partial charge on any atom is 0.220 e. The molecule has 0 unspecified atom stereocenters. The van der Waals surface area contributed by atoms with Crippen LogP contribution in [0.4, 0.5) is 0 Å². The lowest BCUT2D eigenvalue weighted by Crippen LogP contribution is -2.25. The molecule has 3 rings (SSSR count). The second kappa shape index (κ2) is 11.8. The zero-order valence-corrected chi connectivity index (χ0v) is 19.5. The first kappa shape index (κ1) is 23.2. The van der Waals surface area contributed by atoms with Crippen molar-refractivity contribution in [1.82, 2.24) is 20.1 Å². The van der Waals surface area contributed by atoms with Gasteiger partial charge in [-0.25, -0.2) is 0 Å². The number of aryl methyl sites for hydroxylation is 1. The molecule has 1 saturated carbocycles. The SMILES string of the molecule is CSc1nnc(CCCNC(=O)CCCOc2cccc(Cl)c2Cl)n1C1CCCC1. The molecule has 9 heteroatoms. The second-order valence-electron chi connectivity index (χ2n) is 7.37. The summed E-state index contributed by atoms with van der Waals surface area (Å²) in [6.07, 6.45) is 9.70. The molecule has 0 spiro atoms. The van der Waals surface area contributed by atoms with Crippen LogP contribution in [0.25, 0.3) is 0 Å². The predicted molar refractivity (Wildman–Crippen MR) is 122 cm³/mol. The van der Waals surface area contributed by atoms with Crippen molar-refractivity contribution in [3.05, 3.63) is 34.1 Å². The van der Waals surface area contributed by atoms with E-state index in [-0.39, 0.29) is 5.91 Å². The van der Waals surface area contributed by atoms with Crippen molar-refractivity contribution < 1.29 is 9.53 Å². The van der Waals surface area contributed by atoms with E-state index in [9.17, 15) is 4.79 Å². The molecular weight excluding hydrogens is 443 g/mol. The number of carbonyl (C=O) groups excluding carboxylic acids is 1. The highest BCUT2D eigenvalue weighted by Gasteiger charge is 2.23. The van der Waals surface area contributed by atoms with Gasteiger partial charge in [-0.05, 0) is 44.1 Å². The standard InChI is InChI=1S/C21H28Cl2N4O2S/c1-30-21-26-25-18(27(21)15-7-2-3-8-15)11-5-13-24-19(28)12-6-14-29-17-10-4-9-16(22)20(17)23/h4,9-10,15H,2-3,5-8,11-14H2,1H3,(H,24,28). The number of benzene rings is 1. The topological polar surface area (TPSA) is 69.0 Å². The normalized spacial score (nSPS) is 14.2. The Morgan fingerprint density at radius 3 is 2.83 bits per heavy atom. The maximum absolute atomic E-state index is 12.1. The summed E-state index contributed by atoms with van der Waals surface area (Å²) >= 11 is 13.7. The Labute approximate surface area is 192 Å². The molecule has 1 aromatic carbocycles. The molecule has 164 valence electrons. The Balaban J connectivity index is 1.34. The van der Waals surface area contributed by atoms with Gasteiger partial charge in [-0.2, -0.15) is 0 Å². The van der Waals surface area contributed by atoms with Gasteiger partial charge in [-0.1, -0.05) is 53.9 Å². The van der Waals surface area contributed by atoms with Crippen LogP contribution < -0.4 is 10.1 Å². The van der Waals surface area contributed by atoms with E-state index >= 15 is 0 Å². The van der Waals surface area contributed by atoms with Crippen LogP contribution in [-0.2, 0) is 11.2 Å². The summed E-state index contributed by atoms with van der Waals surface area (Å²) in [7, 11) is 0. The van der Waals surface area contributed by atoms with Crippen molar-refractivity contribution in [3.8, 4) is 5.75 Å². The number of thioether (sulfide) groups is 1. The largest absolute Gasteiger partial charge is 0.492 e. The molecule has 2 aromatic rings. The molecule has 6 nitrogen and oxygen atoms in total. The highest BCUT2D eigenvalue weighted by atomic mass is 35.5. The molecule has 1 aliphatic rings. The van der Waals surface area contributed by atoms with Gasteiger partial charge < -0.3 is 14.6 Å². The highest BCUT2D eigenvalue weighted by molar-refractivity contribution is 7.98. The number of aromatic nitrogens is 3. The van der Waals surface area contributed by atoms with Gasteiger partial charge in [0.15, 0.2) is 5.16 Å². The minimum absolute atomic E-state index is 0.0258. The smallest absolute Gasteiger partial charge is 0.220 e. The first-order chi connectivity index (χ1) is 14.6. The minimum atomic E-state index is 0.0258. The fourth-order valence-electron chi connectivity index (χ4n) is 3.72. The molecule has 1 fully saturated rings. The Morgan fingerprint density at radius 1 is 1.27 bits per heavy atom. The molecular formula is C21H28Cl2N4O2S. The maximum atomic E-state index is 12.1. The third-order valence-corrected chi connectivity index (χ3v) is 6.67. The molecule has 0 saturated heterocycles. The van der Waals surface area contributed by atoms with Crippen LogP contribution in [0.5, 0.6) is 5.75 Å². The fraction of sp³-hybridized carbons (Fsp3) is 0.571.